The van der Waals surface area contributed by atoms with Crippen molar-refractivity contribution in [3.8, 4) is 0 Å². The number of pyridine rings is 1. The molecule has 0 saturated carbocycles. The number of nitrogen functional groups attached to an aromatic ring is 1. The molecule has 0 radical (unpaired) electrons. The van der Waals surface area contributed by atoms with Crippen molar-refractivity contribution >= 4 is 41.0 Å². The molecule has 0 atom stereocenters. The van der Waals surface area contributed by atoms with Crippen LogP contribution >= 0.6 is 12.4 Å². The minimum absolute atomic E-state index is 0. The van der Waals surface area contributed by atoms with Crippen LogP contribution in [0.15, 0.2) is 60.8 Å². The van der Waals surface area contributed by atoms with Crippen LogP contribution in [0.2, 0.25) is 0 Å². The third kappa shape index (κ3) is 5.84. The van der Waals surface area contributed by atoms with Crippen molar-refractivity contribution in [3.63, 3.8) is 0 Å². The van der Waals surface area contributed by atoms with E-state index >= 15 is 0 Å². The van der Waals surface area contributed by atoms with Crippen LogP contribution in [-0.4, -0.2) is 40.8 Å². The second-order valence-electron chi connectivity index (χ2n) is 8.01. The van der Waals surface area contributed by atoms with E-state index in [0.717, 1.165) is 36.3 Å². The number of fused-ring (bicyclic) bond motifs is 1. The van der Waals surface area contributed by atoms with Crippen molar-refractivity contribution in [2.45, 2.75) is 25.9 Å². The molecule has 6 heteroatoms. The summed E-state index contributed by atoms with van der Waals surface area (Å²) in [6, 6.07) is 16.6. The molecule has 5 nitrogen and oxygen atoms in total. The van der Waals surface area contributed by atoms with Gasteiger partial charge >= 0.3 is 0 Å². The summed E-state index contributed by atoms with van der Waals surface area (Å²) >= 11 is 0. The molecule has 0 aliphatic carbocycles. The molecule has 1 aromatic heterocycles. The first-order valence-corrected chi connectivity index (χ1v) is 10.5. The molecular formula is C25H29ClN4O. The number of rotatable bonds is 6. The Kier molecular flexibility index (Phi) is 7.66. The number of anilines is 1. The summed E-state index contributed by atoms with van der Waals surface area (Å²) in [5, 5.41) is 2.39. The second kappa shape index (κ2) is 10.4. The molecule has 1 aliphatic rings. The number of hydrogen-bond acceptors (Lipinski definition) is 4. The molecule has 2 aromatic carbocycles. The van der Waals surface area contributed by atoms with Crippen LogP contribution in [-0.2, 0) is 17.9 Å². The Morgan fingerprint density at radius 3 is 2.65 bits per heavy atom. The maximum Gasteiger partial charge on any atom is 0.246 e. The second-order valence-corrected chi connectivity index (χ2v) is 8.01. The molecule has 2 N–H and O–H groups in total. The van der Waals surface area contributed by atoms with Crippen molar-refractivity contribution in [3.05, 3.63) is 77.5 Å². The van der Waals surface area contributed by atoms with Crippen LogP contribution in [0.3, 0.4) is 0 Å². The van der Waals surface area contributed by atoms with Gasteiger partial charge in [-0.2, -0.15) is 0 Å². The van der Waals surface area contributed by atoms with Gasteiger partial charge in [0.05, 0.1) is 0 Å². The molecule has 1 aliphatic heterocycles. The SMILES string of the molecule is CN(Cc1ccc2ccccc2c1)C(=O)/C=C/c1cnc(N)c(CN2CCCC2)c1.Cl. The van der Waals surface area contributed by atoms with E-state index in [4.69, 9.17) is 5.73 Å². The molecule has 1 saturated heterocycles. The summed E-state index contributed by atoms with van der Waals surface area (Å²) in [6.45, 7) is 3.60. The Morgan fingerprint density at radius 1 is 1.13 bits per heavy atom. The highest BCUT2D eigenvalue weighted by Gasteiger charge is 2.14. The molecule has 162 valence electrons. The Morgan fingerprint density at radius 2 is 1.87 bits per heavy atom. The summed E-state index contributed by atoms with van der Waals surface area (Å²) in [5.74, 6) is 0.528. The summed E-state index contributed by atoms with van der Waals surface area (Å²) in [4.78, 5) is 21.0. The zero-order valence-corrected chi connectivity index (χ0v) is 18.6. The fraction of sp³-hybridized carbons (Fsp3) is 0.280. The van der Waals surface area contributed by atoms with Crippen molar-refractivity contribution in [1.82, 2.24) is 14.8 Å². The maximum absolute atomic E-state index is 12.6. The average molecular weight is 437 g/mol. The smallest absolute Gasteiger partial charge is 0.246 e. The number of likely N-dealkylation sites (N-methyl/N-ethyl adjacent to an activating group) is 1. The lowest BCUT2D eigenvalue weighted by atomic mass is 10.1. The zero-order chi connectivity index (χ0) is 20.9. The predicted octanol–water partition coefficient (Wildman–Crippen LogP) is 4.51. The number of halogens is 1. The highest BCUT2D eigenvalue weighted by Crippen LogP contribution is 2.19. The Bertz CT molecular complexity index is 1080. The number of amides is 1. The first-order valence-electron chi connectivity index (χ1n) is 10.5. The van der Waals surface area contributed by atoms with Gasteiger partial charge in [0.25, 0.3) is 0 Å². The standard InChI is InChI=1S/C25H28N4O.ClH/c1-28(17-20-8-10-21-6-2-3-7-22(21)15-20)24(30)11-9-19-14-23(25(26)27-16-19)18-29-12-4-5-13-29;/h2-3,6-11,14-16H,4-5,12-13,17-18H2,1H3,(H2,26,27);1H/b11-9+;. The van der Waals surface area contributed by atoms with Gasteiger partial charge in [-0.15, -0.1) is 12.4 Å². The molecule has 1 amide bonds. The van der Waals surface area contributed by atoms with E-state index in [0.29, 0.717) is 12.4 Å². The third-order valence-corrected chi connectivity index (χ3v) is 5.64. The number of nitrogens with two attached hydrogens (primary N) is 1. The lowest BCUT2D eigenvalue weighted by molar-refractivity contribution is -0.125. The van der Waals surface area contributed by atoms with Gasteiger partial charge in [0.2, 0.25) is 5.91 Å². The maximum atomic E-state index is 12.6. The van der Waals surface area contributed by atoms with E-state index in [1.807, 2.05) is 31.3 Å². The monoisotopic (exact) mass is 436 g/mol. The number of hydrogen-bond donors (Lipinski definition) is 1. The molecular weight excluding hydrogens is 408 g/mol. The number of carbonyl (C=O) groups is 1. The molecule has 1 fully saturated rings. The predicted molar refractivity (Wildman–Crippen MR) is 130 cm³/mol. The highest BCUT2D eigenvalue weighted by molar-refractivity contribution is 5.91. The zero-order valence-electron chi connectivity index (χ0n) is 17.8. The Balaban J connectivity index is 0.00000272. The topological polar surface area (TPSA) is 62.5 Å². The first kappa shape index (κ1) is 22.8. The van der Waals surface area contributed by atoms with Gasteiger partial charge in [-0.25, -0.2) is 4.98 Å². The number of benzene rings is 2. The largest absolute Gasteiger partial charge is 0.383 e. The quantitative estimate of drug-likeness (QED) is 0.577. The van der Waals surface area contributed by atoms with Crippen LogP contribution in [0.1, 0.15) is 29.5 Å². The number of likely N-dealkylation sites (tertiary alicyclic amines) is 1. The van der Waals surface area contributed by atoms with Gasteiger partial charge in [-0.3, -0.25) is 9.69 Å². The highest BCUT2D eigenvalue weighted by atomic mass is 35.5. The fourth-order valence-corrected chi connectivity index (χ4v) is 3.92. The van der Waals surface area contributed by atoms with Crippen LogP contribution in [0.25, 0.3) is 16.8 Å². The molecule has 0 unspecified atom stereocenters. The van der Waals surface area contributed by atoms with E-state index in [1.165, 1.54) is 23.6 Å². The van der Waals surface area contributed by atoms with E-state index < -0.39 is 0 Å². The van der Waals surface area contributed by atoms with Crippen molar-refractivity contribution in [2.75, 3.05) is 25.9 Å². The van der Waals surface area contributed by atoms with E-state index in [9.17, 15) is 4.79 Å². The normalized spacial score (nSPS) is 14.1. The molecule has 31 heavy (non-hydrogen) atoms. The van der Waals surface area contributed by atoms with Gasteiger partial charge < -0.3 is 10.6 Å². The fourth-order valence-electron chi connectivity index (χ4n) is 3.92. The third-order valence-electron chi connectivity index (χ3n) is 5.64. The van der Waals surface area contributed by atoms with Crippen LogP contribution in [0.5, 0.6) is 0 Å². The van der Waals surface area contributed by atoms with E-state index in [1.54, 1.807) is 17.2 Å². The number of aromatic nitrogens is 1. The van der Waals surface area contributed by atoms with E-state index in [-0.39, 0.29) is 18.3 Å². The van der Waals surface area contributed by atoms with Crippen LogP contribution in [0, 0.1) is 0 Å². The Hall–Kier alpha value is -2.89. The number of nitrogens with zero attached hydrogens (tertiary/aromatic N) is 3. The minimum atomic E-state index is -0.0407. The molecule has 2 heterocycles. The van der Waals surface area contributed by atoms with Crippen molar-refractivity contribution < 1.29 is 4.79 Å². The van der Waals surface area contributed by atoms with Gasteiger partial charge in [0.1, 0.15) is 5.82 Å². The lowest BCUT2D eigenvalue weighted by Crippen LogP contribution is -2.24. The molecule has 0 bridgehead atoms. The number of carbonyl (C=O) groups excluding carboxylic acids is 1. The van der Waals surface area contributed by atoms with Crippen molar-refractivity contribution in [2.24, 2.45) is 0 Å². The molecule has 3 aromatic rings. The van der Waals surface area contributed by atoms with Gasteiger partial charge in [0.15, 0.2) is 0 Å². The van der Waals surface area contributed by atoms with Gasteiger partial charge in [-0.1, -0.05) is 36.4 Å². The molecule has 0 spiro atoms. The van der Waals surface area contributed by atoms with Crippen LogP contribution < -0.4 is 5.73 Å². The first-order chi connectivity index (χ1) is 14.6. The average Bonchev–Trinajstić information content (AvgIpc) is 3.27. The minimum Gasteiger partial charge on any atom is -0.383 e. The summed E-state index contributed by atoms with van der Waals surface area (Å²) in [7, 11) is 1.82. The summed E-state index contributed by atoms with van der Waals surface area (Å²) in [6.07, 6.45) is 7.62. The lowest BCUT2D eigenvalue weighted by Gasteiger charge is -2.16. The van der Waals surface area contributed by atoms with Gasteiger partial charge in [-0.05, 0) is 66.0 Å². The molecule has 4 rings (SSSR count). The van der Waals surface area contributed by atoms with Crippen molar-refractivity contribution in [1.29, 1.82) is 0 Å². The van der Waals surface area contributed by atoms with Crippen LogP contribution in [0.4, 0.5) is 5.82 Å². The van der Waals surface area contributed by atoms with Gasteiger partial charge in [0, 0.05) is 38.0 Å². The summed E-state index contributed by atoms with van der Waals surface area (Å²) < 4.78 is 0. The van der Waals surface area contributed by atoms with E-state index in [2.05, 4.69) is 40.2 Å². The summed E-state index contributed by atoms with van der Waals surface area (Å²) in [5.41, 5.74) is 9.09. The Labute approximate surface area is 190 Å².